The second-order valence-corrected chi connectivity index (χ2v) is 16.1. The summed E-state index contributed by atoms with van der Waals surface area (Å²) in [4.78, 5) is 26.0. The van der Waals surface area contributed by atoms with Gasteiger partial charge in [-0.25, -0.2) is 18.4 Å². The van der Waals surface area contributed by atoms with Crippen LogP contribution in [0.2, 0.25) is 0 Å². The minimum absolute atomic E-state index is 0.0158. The number of ether oxygens (including phenoxy) is 1. The fourth-order valence-electron chi connectivity index (χ4n) is 7.82. The Bertz CT molecular complexity index is 2220. The van der Waals surface area contributed by atoms with Crippen LogP contribution in [0.5, 0.6) is 5.75 Å². The summed E-state index contributed by atoms with van der Waals surface area (Å²) in [5.41, 5.74) is 12.6. The number of imidazole rings is 1. The van der Waals surface area contributed by atoms with E-state index in [-0.39, 0.29) is 23.2 Å². The highest BCUT2D eigenvalue weighted by atomic mass is 32.2. The zero-order valence-corrected chi connectivity index (χ0v) is 27.9. The monoisotopic (exact) mass is 665 g/mol. The number of nitrogens with zero attached hydrogens (tertiary/aromatic N) is 5. The van der Waals surface area contributed by atoms with Gasteiger partial charge in [0.1, 0.15) is 16.9 Å². The van der Waals surface area contributed by atoms with Gasteiger partial charge in [0, 0.05) is 54.4 Å². The van der Waals surface area contributed by atoms with Crippen LogP contribution in [0.15, 0.2) is 54.6 Å². The molecular weight excluding hydrogens is 627 g/mol. The third-order valence-electron chi connectivity index (χ3n) is 10.8. The van der Waals surface area contributed by atoms with Crippen LogP contribution in [0.4, 0.5) is 5.69 Å². The number of hydrogen-bond donors (Lipinski definition) is 2. The number of fused-ring (bicyclic) bond motifs is 4. The summed E-state index contributed by atoms with van der Waals surface area (Å²) in [6, 6.07) is 17.5. The van der Waals surface area contributed by atoms with Crippen molar-refractivity contribution in [3.05, 3.63) is 60.2 Å². The molecule has 4 fully saturated rings. The molecule has 2 aromatic carbocycles. The zero-order chi connectivity index (χ0) is 32.9. The average Bonchev–Trinajstić information content (AvgIpc) is 4.01. The third-order valence-corrected chi connectivity index (χ3v) is 12.7. The van der Waals surface area contributed by atoms with Gasteiger partial charge in [0.25, 0.3) is 5.91 Å². The Morgan fingerprint density at radius 2 is 1.79 bits per heavy atom. The molecule has 48 heavy (non-hydrogen) atoms. The number of rotatable bonds is 9. The van der Waals surface area contributed by atoms with Crippen molar-refractivity contribution in [3.63, 3.8) is 0 Å². The highest BCUT2D eigenvalue weighted by Gasteiger charge is 2.47. The van der Waals surface area contributed by atoms with Crippen LogP contribution in [0.25, 0.3) is 44.8 Å². The summed E-state index contributed by atoms with van der Waals surface area (Å²) in [6.45, 7) is 1.54. The van der Waals surface area contributed by atoms with E-state index in [4.69, 9.17) is 20.4 Å². The number of sulfonamides is 1. The quantitative estimate of drug-likeness (QED) is 0.222. The van der Waals surface area contributed by atoms with Crippen LogP contribution in [-0.4, -0.2) is 69.3 Å². The number of anilines is 1. The molecule has 9 rings (SSSR count). The predicted octanol–water partition coefficient (Wildman–Crippen LogP) is 5.14. The standard InChI is InChI=1S/C36H39N7O4S/c1-41-33-28(15-24(17-31(33)47-2)36(44)43-19-23-8-14-29(43)32(23)37)39-35(41)30-16-22-7-13-27(38-34(22)42(30)18-20-3-4-20)21-5-9-25(10-6-21)40-48(45,46)26-11-12-26/h5-7,9-10,13,15-17,20,23,26,29,32,40H,3-4,8,11-12,14,18-19,37H2,1-2H3/t23?,29?,32-/m1/s1. The van der Waals surface area contributed by atoms with Crippen LogP contribution in [0.1, 0.15) is 48.9 Å². The van der Waals surface area contributed by atoms with Gasteiger partial charge in [-0.1, -0.05) is 12.1 Å². The van der Waals surface area contributed by atoms with Gasteiger partial charge in [0.2, 0.25) is 10.0 Å². The van der Waals surface area contributed by atoms with Crippen LogP contribution in [0.3, 0.4) is 0 Å². The molecule has 4 aliphatic rings. The lowest BCUT2D eigenvalue weighted by molar-refractivity contribution is 0.0700. The number of methoxy groups -OCH3 is 1. The SMILES string of the molecule is COc1cc(C(=O)N2CC3CCC2[C@@H]3N)cc2nc(-c3cc4ccc(-c5ccc(NS(=O)(=O)C6CC6)cc5)nc4n3CC3CC3)n(C)c12. The number of carbonyl (C=O) groups is 1. The topological polar surface area (TPSA) is 137 Å². The Kier molecular flexibility index (Phi) is 6.68. The van der Waals surface area contributed by atoms with E-state index in [9.17, 15) is 13.2 Å². The molecule has 11 nitrogen and oxygen atoms in total. The second-order valence-electron chi connectivity index (χ2n) is 14.1. The van der Waals surface area contributed by atoms with E-state index in [1.165, 1.54) is 12.8 Å². The van der Waals surface area contributed by atoms with E-state index in [1.807, 2.05) is 42.3 Å². The van der Waals surface area contributed by atoms with Gasteiger partial charge in [-0.15, -0.1) is 0 Å². The highest BCUT2D eigenvalue weighted by Crippen LogP contribution is 2.40. The number of carbonyl (C=O) groups excluding carboxylic acids is 1. The Labute approximate surface area is 279 Å². The first-order chi connectivity index (χ1) is 23.2. The van der Waals surface area contributed by atoms with Gasteiger partial charge >= 0.3 is 0 Å². The van der Waals surface area contributed by atoms with Crippen LogP contribution in [-0.2, 0) is 23.6 Å². The van der Waals surface area contributed by atoms with Gasteiger partial charge in [-0.3, -0.25) is 9.52 Å². The van der Waals surface area contributed by atoms with Crippen molar-refractivity contribution in [2.75, 3.05) is 18.4 Å². The lowest BCUT2D eigenvalue weighted by Crippen LogP contribution is -2.41. The predicted molar refractivity (Wildman–Crippen MR) is 185 cm³/mol. The number of nitrogens with one attached hydrogen (secondary N) is 1. The fraction of sp³-hybridized carbons (Fsp3) is 0.417. The van der Waals surface area contributed by atoms with Crippen LogP contribution < -0.4 is 15.2 Å². The molecule has 4 heterocycles. The highest BCUT2D eigenvalue weighted by molar-refractivity contribution is 7.93. The minimum atomic E-state index is -3.32. The molecule has 248 valence electrons. The lowest BCUT2D eigenvalue weighted by atomic mass is 10.1. The number of likely N-dealkylation sites (tertiary alicyclic amines) is 1. The number of hydrogen-bond acceptors (Lipinski definition) is 7. The summed E-state index contributed by atoms with van der Waals surface area (Å²) >= 11 is 0. The molecule has 1 saturated heterocycles. The first-order valence-corrected chi connectivity index (χ1v) is 18.5. The van der Waals surface area contributed by atoms with Crippen molar-refractivity contribution >= 4 is 43.7 Å². The number of benzene rings is 2. The van der Waals surface area contributed by atoms with E-state index in [0.29, 0.717) is 40.9 Å². The van der Waals surface area contributed by atoms with Crippen LogP contribution in [0, 0.1) is 11.8 Å². The Morgan fingerprint density at radius 3 is 2.46 bits per heavy atom. The molecular formula is C36H39N7O4S. The number of nitrogens with two attached hydrogens (primary N) is 1. The van der Waals surface area contributed by atoms with Crippen molar-refractivity contribution in [3.8, 4) is 28.5 Å². The van der Waals surface area contributed by atoms with Gasteiger partial charge in [-0.2, -0.15) is 0 Å². The van der Waals surface area contributed by atoms with Crippen molar-refractivity contribution in [2.24, 2.45) is 24.6 Å². The molecule has 2 unspecified atom stereocenters. The molecule has 3 saturated carbocycles. The lowest BCUT2D eigenvalue weighted by Gasteiger charge is -2.27. The number of piperidine rings is 1. The first kappa shape index (κ1) is 29.7. The van der Waals surface area contributed by atoms with E-state index in [0.717, 1.165) is 71.6 Å². The van der Waals surface area contributed by atoms with E-state index in [1.54, 1.807) is 19.2 Å². The Hall–Kier alpha value is -4.42. The molecule has 3 aromatic heterocycles. The maximum absolute atomic E-state index is 13.8. The first-order valence-electron chi connectivity index (χ1n) is 16.9. The summed E-state index contributed by atoms with van der Waals surface area (Å²) in [7, 11) is 0.301. The van der Waals surface area contributed by atoms with E-state index < -0.39 is 10.0 Å². The van der Waals surface area contributed by atoms with Crippen LogP contribution >= 0.6 is 0 Å². The fourth-order valence-corrected chi connectivity index (χ4v) is 9.21. The average molecular weight is 666 g/mol. The van der Waals surface area contributed by atoms with E-state index in [2.05, 4.69) is 26.0 Å². The van der Waals surface area contributed by atoms with Crippen molar-refractivity contribution in [2.45, 2.75) is 62.4 Å². The molecule has 0 spiro atoms. The van der Waals surface area contributed by atoms with Gasteiger partial charge in [-0.05, 0) is 92.8 Å². The molecule has 1 aliphatic heterocycles. The number of aryl methyl sites for hydroxylation is 1. The number of pyridine rings is 1. The third kappa shape index (κ3) is 4.87. The number of amides is 1. The normalized spacial score (nSPS) is 22.2. The molecule has 12 heteroatoms. The smallest absolute Gasteiger partial charge is 0.254 e. The molecule has 2 bridgehead atoms. The minimum Gasteiger partial charge on any atom is -0.494 e. The zero-order valence-electron chi connectivity index (χ0n) is 27.1. The molecule has 1 amide bonds. The molecule has 0 radical (unpaired) electrons. The van der Waals surface area contributed by atoms with Gasteiger partial charge in [0.05, 0.1) is 29.3 Å². The molecule has 3 atom stereocenters. The summed E-state index contributed by atoms with van der Waals surface area (Å²) in [5, 5.41) is 0.736. The molecule has 5 aromatic rings. The molecule has 3 N–H and O–H groups in total. The maximum Gasteiger partial charge on any atom is 0.254 e. The second kappa shape index (κ2) is 10.8. The number of aromatic nitrogens is 4. The van der Waals surface area contributed by atoms with E-state index >= 15 is 0 Å². The Morgan fingerprint density at radius 1 is 1.00 bits per heavy atom. The summed E-state index contributed by atoms with van der Waals surface area (Å²) in [5.74, 6) is 2.33. The van der Waals surface area contributed by atoms with Crippen molar-refractivity contribution in [1.82, 2.24) is 24.0 Å². The maximum atomic E-state index is 13.8. The van der Waals surface area contributed by atoms with Crippen molar-refractivity contribution in [1.29, 1.82) is 0 Å². The largest absolute Gasteiger partial charge is 0.494 e. The van der Waals surface area contributed by atoms with Crippen molar-refractivity contribution < 1.29 is 17.9 Å². The summed E-state index contributed by atoms with van der Waals surface area (Å²) < 4.78 is 37.7. The Balaban J connectivity index is 1.09. The molecule has 3 aliphatic carbocycles. The van der Waals surface area contributed by atoms with Gasteiger partial charge in [0.15, 0.2) is 5.82 Å². The summed E-state index contributed by atoms with van der Waals surface area (Å²) in [6.07, 6.45) is 5.85. The van der Waals surface area contributed by atoms with Gasteiger partial charge < -0.3 is 24.5 Å².